The largest absolute Gasteiger partial charge is 0.315 e. The van der Waals surface area contributed by atoms with E-state index in [1.165, 1.54) is 25.7 Å². The zero-order valence-electron chi connectivity index (χ0n) is 10.9. The summed E-state index contributed by atoms with van der Waals surface area (Å²) in [5.74, 6) is 0. The normalized spacial score (nSPS) is 15.4. The zero-order valence-corrected chi connectivity index (χ0v) is 10.9. The maximum absolute atomic E-state index is 11.5. The first-order valence-electron chi connectivity index (χ1n) is 6.90. The second kappa shape index (κ2) is 7.17. The lowest BCUT2D eigenvalue weighted by atomic mass is 9.97. The lowest BCUT2D eigenvalue weighted by Gasteiger charge is -2.13. The second-order valence-electron chi connectivity index (χ2n) is 4.84. The third-order valence-corrected chi connectivity index (χ3v) is 3.44. The summed E-state index contributed by atoms with van der Waals surface area (Å²) in [5.41, 5.74) is 1.68. The lowest BCUT2D eigenvalue weighted by molar-refractivity contribution is 0.575. The fourth-order valence-electron chi connectivity index (χ4n) is 2.35. The minimum absolute atomic E-state index is 0.0780. The summed E-state index contributed by atoms with van der Waals surface area (Å²) in [5, 5.41) is 3.41. The third-order valence-electron chi connectivity index (χ3n) is 3.44. The molecule has 1 aromatic rings. The summed E-state index contributed by atoms with van der Waals surface area (Å²) in [7, 11) is 0. The molecule has 0 atom stereocenters. The third kappa shape index (κ3) is 4.15. The van der Waals surface area contributed by atoms with Gasteiger partial charge in [0.15, 0.2) is 0 Å². The Hall–Kier alpha value is -1.35. The van der Waals surface area contributed by atoms with Gasteiger partial charge in [0, 0.05) is 25.4 Å². The summed E-state index contributed by atoms with van der Waals surface area (Å²) >= 11 is 0. The Kier molecular flexibility index (Phi) is 5.21. The maximum Gasteiger partial charge on any atom is 0.250 e. The molecular weight excluding hydrogens is 224 g/mol. The molecule has 0 fully saturated rings. The van der Waals surface area contributed by atoms with Gasteiger partial charge in [-0.3, -0.25) is 4.79 Å². The molecule has 0 radical (unpaired) electrons. The average Bonchev–Trinajstić information content (AvgIpc) is 2.42. The van der Waals surface area contributed by atoms with Crippen LogP contribution in [0.3, 0.4) is 0 Å². The van der Waals surface area contributed by atoms with E-state index < -0.39 is 0 Å². The molecule has 1 heterocycles. The van der Waals surface area contributed by atoms with Gasteiger partial charge in [-0.2, -0.15) is 0 Å². The summed E-state index contributed by atoms with van der Waals surface area (Å²) < 4.78 is 1.74. The van der Waals surface area contributed by atoms with Crippen LogP contribution >= 0.6 is 0 Å². The van der Waals surface area contributed by atoms with E-state index in [1.807, 2.05) is 12.3 Å². The van der Waals surface area contributed by atoms with Crippen molar-refractivity contribution in [1.82, 2.24) is 9.88 Å². The average molecular weight is 246 g/mol. The van der Waals surface area contributed by atoms with E-state index in [0.717, 1.165) is 26.1 Å². The highest BCUT2D eigenvalue weighted by molar-refractivity contribution is 5.05. The fourth-order valence-corrected chi connectivity index (χ4v) is 2.35. The van der Waals surface area contributed by atoms with E-state index in [0.29, 0.717) is 0 Å². The quantitative estimate of drug-likeness (QED) is 0.617. The topological polar surface area (TPSA) is 34.0 Å². The smallest absolute Gasteiger partial charge is 0.250 e. The molecule has 3 heteroatoms. The molecule has 0 saturated heterocycles. The number of pyridine rings is 1. The second-order valence-corrected chi connectivity index (χ2v) is 4.84. The van der Waals surface area contributed by atoms with Crippen molar-refractivity contribution in [1.29, 1.82) is 0 Å². The number of rotatable bonds is 6. The molecule has 0 amide bonds. The first-order chi connectivity index (χ1) is 8.86. The summed E-state index contributed by atoms with van der Waals surface area (Å²) in [6, 6.07) is 5.28. The van der Waals surface area contributed by atoms with Gasteiger partial charge in [-0.15, -0.1) is 0 Å². The van der Waals surface area contributed by atoms with Gasteiger partial charge in [0.1, 0.15) is 0 Å². The fraction of sp³-hybridized carbons (Fsp3) is 0.533. The predicted molar refractivity (Wildman–Crippen MR) is 74.7 cm³/mol. The predicted octanol–water partition coefficient (Wildman–Crippen LogP) is 2.33. The first kappa shape index (κ1) is 13.1. The maximum atomic E-state index is 11.5. The van der Waals surface area contributed by atoms with Crippen LogP contribution in [-0.2, 0) is 6.54 Å². The molecule has 0 saturated carbocycles. The number of allylic oxidation sites excluding steroid dienone is 1. The minimum atomic E-state index is 0.0780. The van der Waals surface area contributed by atoms with Crippen molar-refractivity contribution in [3.8, 4) is 0 Å². The van der Waals surface area contributed by atoms with Gasteiger partial charge in [-0.1, -0.05) is 17.7 Å². The van der Waals surface area contributed by atoms with Gasteiger partial charge in [-0.25, -0.2) is 0 Å². The van der Waals surface area contributed by atoms with E-state index in [9.17, 15) is 4.79 Å². The molecule has 98 valence electrons. The Bertz CT molecular complexity index is 448. The Balaban J connectivity index is 1.63. The lowest BCUT2D eigenvalue weighted by Crippen LogP contribution is -2.26. The van der Waals surface area contributed by atoms with Crippen LogP contribution in [-0.4, -0.2) is 17.7 Å². The van der Waals surface area contributed by atoms with Crippen LogP contribution in [0, 0.1) is 0 Å². The summed E-state index contributed by atoms with van der Waals surface area (Å²) in [6.45, 7) is 2.63. The Labute approximate surface area is 109 Å². The number of hydrogen-bond donors (Lipinski definition) is 1. The van der Waals surface area contributed by atoms with Gasteiger partial charge in [0.2, 0.25) is 0 Å². The van der Waals surface area contributed by atoms with Crippen LogP contribution in [0.25, 0.3) is 0 Å². The van der Waals surface area contributed by atoms with Crippen LogP contribution in [0.5, 0.6) is 0 Å². The molecule has 0 unspecified atom stereocenters. The molecule has 1 N–H and O–H groups in total. The van der Waals surface area contributed by atoms with Crippen LogP contribution in [0.15, 0.2) is 40.8 Å². The first-order valence-corrected chi connectivity index (χ1v) is 6.90. The number of aromatic nitrogens is 1. The molecule has 1 aliphatic carbocycles. The van der Waals surface area contributed by atoms with Crippen molar-refractivity contribution in [3.63, 3.8) is 0 Å². The standard InChI is InChI=1S/C15H22N2O/c18-15-8-4-5-12-17(15)13-11-16-10-9-14-6-2-1-3-7-14/h4-6,8,12,16H,1-3,7,9-11,13H2. The van der Waals surface area contributed by atoms with Crippen molar-refractivity contribution in [2.75, 3.05) is 13.1 Å². The van der Waals surface area contributed by atoms with E-state index in [2.05, 4.69) is 11.4 Å². The number of nitrogens with one attached hydrogen (secondary N) is 1. The SMILES string of the molecule is O=c1ccccn1CCNCCC1=CCCCC1. The van der Waals surface area contributed by atoms with Crippen molar-refractivity contribution >= 4 is 0 Å². The summed E-state index contributed by atoms with van der Waals surface area (Å²) in [4.78, 5) is 11.5. The van der Waals surface area contributed by atoms with Crippen molar-refractivity contribution < 1.29 is 0 Å². The van der Waals surface area contributed by atoms with E-state index in [-0.39, 0.29) is 5.56 Å². The molecule has 2 rings (SSSR count). The van der Waals surface area contributed by atoms with Crippen molar-refractivity contribution in [2.45, 2.75) is 38.6 Å². The van der Waals surface area contributed by atoms with Crippen molar-refractivity contribution in [2.24, 2.45) is 0 Å². The monoisotopic (exact) mass is 246 g/mol. The van der Waals surface area contributed by atoms with E-state index >= 15 is 0 Å². The minimum Gasteiger partial charge on any atom is -0.315 e. The molecule has 0 spiro atoms. The molecule has 3 nitrogen and oxygen atoms in total. The molecular formula is C15H22N2O. The Morgan fingerprint density at radius 1 is 1.22 bits per heavy atom. The molecule has 1 aliphatic rings. The number of hydrogen-bond acceptors (Lipinski definition) is 2. The van der Waals surface area contributed by atoms with Gasteiger partial charge < -0.3 is 9.88 Å². The van der Waals surface area contributed by atoms with Gasteiger partial charge in [0.05, 0.1) is 0 Å². The molecule has 0 aromatic carbocycles. The van der Waals surface area contributed by atoms with Crippen LogP contribution in [0.4, 0.5) is 0 Å². The van der Waals surface area contributed by atoms with E-state index in [4.69, 9.17) is 0 Å². The van der Waals surface area contributed by atoms with Crippen LogP contribution in [0.1, 0.15) is 32.1 Å². The highest BCUT2D eigenvalue weighted by Crippen LogP contribution is 2.19. The Morgan fingerprint density at radius 2 is 2.17 bits per heavy atom. The summed E-state index contributed by atoms with van der Waals surface area (Å²) in [6.07, 6.45) is 10.6. The van der Waals surface area contributed by atoms with Crippen LogP contribution in [0.2, 0.25) is 0 Å². The molecule has 1 aromatic heterocycles. The molecule has 18 heavy (non-hydrogen) atoms. The van der Waals surface area contributed by atoms with Crippen LogP contribution < -0.4 is 10.9 Å². The van der Waals surface area contributed by atoms with Gasteiger partial charge in [-0.05, 0) is 44.7 Å². The van der Waals surface area contributed by atoms with Crippen molar-refractivity contribution in [3.05, 3.63) is 46.4 Å². The molecule has 0 aliphatic heterocycles. The Morgan fingerprint density at radius 3 is 2.94 bits per heavy atom. The highest BCUT2D eigenvalue weighted by Gasteiger charge is 2.02. The highest BCUT2D eigenvalue weighted by atomic mass is 16.1. The number of nitrogens with zero attached hydrogens (tertiary/aromatic N) is 1. The molecule has 0 bridgehead atoms. The van der Waals surface area contributed by atoms with E-state index in [1.54, 1.807) is 22.3 Å². The van der Waals surface area contributed by atoms with Gasteiger partial charge >= 0.3 is 0 Å². The van der Waals surface area contributed by atoms with Gasteiger partial charge in [0.25, 0.3) is 5.56 Å². The zero-order chi connectivity index (χ0) is 12.6.